The van der Waals surface area contributed by atoms with E-state index in [0.717, 1.165) is 39.8 Å². The highest BCUT2D eigenvalue weighted by molar-refractivity contribution is 6.10. The minimum atomic E-state index is -4.64. The van der Waals surface area contributed by atoms with Crippen LogP contribution in [-0.4, -0.2) is 62.8 Å². The lowest BCUT2D eigenvalue weighted by Crippen LogP contribution is -2.52. The van der Waals surface area contributed by atoms with Crippen molar-refractivity contribution in [2.45, 2.75) is 65.1 Å². The van der Waals surface area contributed by atoms with Crippen molar-refractivity contribution in [2.75, 3.05) is 28.3 Å². The lowest BCUT2D eigenvalue weighted by Gasteiger charge is -2.39. The number of amides is 3. The second-order valence-corrected chi connectivity index (χ2v) is 12.1. The van der Waals surface area contributed by atoms with Crippen LogP contribution in [0.15, 0.2) is 49.2 Å². The summed E-state index contributed by atoms with van der Waals surface area (Å²) < 4.78 is 43.2. The number of hydrogen-bond acceptors (Lipinski definition) is 6. The van der Waals surface area contributed by atoms with Gasteiger partial charge in [-0.3, -0.25) is 19.3 Å². The summed E-state index contributed by atoms with van der Waals surface area (Å²) in [5, 5.41) is 0. The highest BCUT2D eigenvalue weighted by Gasteiger charge is 2.49. The molecule has 6 rings (SSSR count). The van der Waals surface area contributed by atoms with Crippen molar-refractivity contribution in [3.8, 4) is 0 Å². The van der Waals surface area contributed by atoms with Crippen molar-refractivity contribution in [3.05, 3.63) is 77.5 Å². The lowest BCUT2D eigenvalue weighted by molar-refractivity contribution is -0.137. The van der Waals surface area contributed by atoms with E-state index >= 15 is 0 Å². The second kappa shape index (κ2) is 11.0. The van der Waals surface area contributed by atoms with Crippen molar-refractivity contribution in [1.29, 1.82) is 0 Å². The summed E-state index contributed by atoms with van der Waals surface area (Å²) in [7, 11) is 1.62. The maximum atomic E-state index is 14.1. The highest BCUT2D eigenvalue weighted by atomic mass is 19.4. The number of hydrogen-bond donors (Lipinski definition) is 0. The molecule has 0 aliphatic carbocycles. The van der Waals surface area contributed by atoms with Gasteiger partial charge in [-0.2, -0.15) is 13.2 Å². The number of imidazole rings is 1. The third-order valence-corrected chi connectivity index (χ3v) is 8.90. The normalized spacial score (nSPS) is 21.7. The maximum absolute atomic E-state index is 14.1. The molecule has 45 heavy (non-hydrogen) atoms. The molecule has 0 saturated carbocycles. The Balaban J connectivity index is 1.39. The molecule has 0 bridgehead atoms. The number of rotatable bonds is 4. The van der Waals surface area contributed by atoms with Gasteiger partial charge in [0.1, 0.15) is 17.7 Å². The summed E-state index contributed by atoms with van der Waals surface area (Å²) >= 11 is 0. The topological polar surface area (TPSA) is 94.9 Å². The number of pyridine rings is 1. The van der Waals surface area contributed by atoms with Gasteiger partial charge in [-0.15, -0.1) is 0 Å². The molecule has 3 aromatic rings. The van der Waals surface area contributed by atoms with Gasteiger partial charge in [0.25, 0.3) is 0 Å². The van der Waals surface area contributed by atoms with Crippen molar-refractivity contribution in [1.82, 2.24) is 19.4 Å². The van der Waals surface area contributed by atoms with Crippen LogP contribution in [0.5, 0.6) is 0 Å². The Morgan fingerprint density at radius 3 is 2.60 bits per heavy atom. The smallest absolute Gasteiger partial charge is 0.363 e. The van der Waals surface area contributed by atoms with Crippen LogP contribution in [0.4, 0.5) is 30.4 Å². The van der Waals surface area contributed by atoms with E-state index in [1.165, 1.54) is 17.9 Å². The number of fused-ring (bicyclic) bond motifs is 3. The Morgan fingerprint density at radius 2 is 1.89 bits per heavy atom. The molecule has 0 radical (unpaired) electrons. The Kier molecular flexibility index (Phi) is 7.45. The number of aryl methyl sites for hydroxylation is 2. The number of aromatic nitrogens is 3. The molecule has 10 nitrogen and oxygen atoms in total. The number of alkyl halides is 3. The molecular formula is C32H34F3N7O3. The molecule has 0 N–H and O–H groups in total. The maximum Gasteiger partial charge on any atom is 0.416 e. The summed E-state index contributed by atoms with van der Waals surface area (Å²) in [6.07, 6.45) is -1.41. The zero-order chi connectivity index (χ0) is 32.4. The van der Waals surface area contributed by atoms with Gasteiger partial charge in [-0.25, -0.2) is 9.97 Å². The van der Waals surface area contributed by atoms with Gasteiger partial charge in [-0.05, 0) is 50.6 Å². The van der Waals surface area contributed by atoms with E-state index in [-0.39, 0.29) is 36.4 Å². The van der Waals surface area contributed by atoms with E-state index in [1.807, 2.05) is 42.8 Å². The molecular weight excluding hydrogens is 587 g/mol. The first-order valence-electron chi connectivity index (χ1n) is 14.7. The average molecular weight is 622 g/mol. The molecule has 5 heterocycles. The van der Waals surface area contributed by atoms with Crippen LogP contribution in [-0.2, 0) is 40.2 Å². The van der Waals surface area contributed by atoms with E-state index in [2.05, 4.69) is 16.5 Å². The second-order valence-electron chi connectivity index (χ2n) is 12.1. The number of likely N-dealkylation sites (N-methyl/N-ethyl adjacent to an activating group) is 1. The number of benzene rings is 1. The number of carbonyl (C=O) groups excluding carboxylic acids is 3. The molecule has 3 aliphatic rings. The van der Waals surface area contributed by atoms with Gasteiger partial charge in [0.2, 0.25) is 17.7 Å². The first-order chi connectivity index (χ1) is 21.3. The van der Waals surface area contributed by atoms with Crippen LogP contribution in [0.2, 0.25) is 0 Å². The summed E-state index contributed by atoms with van der Waals surface area (Å²) in [4.78, 5) is 55.6. The van der Waals surface area contributed by atoms with Gasteiger partial charge in [0.15, 0.2) is 0 Å². The summed E-state index contributed by atoms with van der Waals surface area (Å²) in [5.41, 5.74) is 2.27. The van der Waals surface area contributed by atoms with Crippen molar-refractivity contribution in [3.63, 3.8) is 0 Å². The van der Waals surface area contributed by atoms with Gasteiger partial charge in [0.05, 0.1) is 35.7 Å². The predicted molar refractivity (Wildman–Crippen MR) is 161 cm³/mol. The fraction of sp³-hybridized carbons (Fsp3) is 0.406. The van der Waals surface area contributed by atoms with Crippen LogP contribution >= 0.6 is 0 Å². The van der Waals surface area contributed by atoms with Crippen LogP contribution in [0.1, 0.15) is 41.7 Å². The summed E-state index contributed by atoms with van der Waals surface area (Å²) in [6, 6.07) is 6.27. The van der Waals surface area contributed by atoms with Gasteiger partial charge >= 0.3 is 6.18 Å². The van der Waals surface area contributed by atoms with E-state index in [4.69, 9.17) is 4.98 Å². The lowest BCUT2D eigenvalue weighted by atomic mass is 9.95. The Hall–Kier alpha value is -4.68. The standard InChI is InChI=1S/C32H34F3N7O3/c1-6-27(43)41-17-26-37-23(15-39(26)13-20(41)4)16-40-14-21-11-28(44)42(25-12-22(32(33,34)35)10-19(3)36-25)30(21)31(45)38(5)24-9-7-8-18(2)29(24)40/h6-10,12,15,20-21,30H,1,11,13-14,16-17H2,2-5H3/t20-,21+,30-/m0/s1. The number of anilines is 3. The number of para-hydroxylation sites is 1. The van der Waals surface area contributed by atoms with Gasteiger partial charge in [0, 0.05) is 50.4 Å². The van der Waals surface area contributed by atoms with Crippen LogP contribution < -0.4 is 14.7 Å². The summed E-state index contributed by atoms with van der Waals surface area (Å²) in [5.74, 6) is -0.992. The molecule has 1 saturated heterocycles. The molecule has 0 spiro atoms. The van der Waals surface area contributed by atoms with Crippen molar-refractivity contribution < 1.29 is 27.6 Å². The van der Waals surface area contributed by atoms with E-state index < -0.39 is 35.5 Å². The van der Waals surface area contributed by atoms with E-state index in [1.54, 1.807) is 11.9 Å². The van der Waals surface area contributed by atoms with Crippen LogP contribution in [0.3, 0.4) is 0 Å². The minimum absolute atomic E-state index is 0.0330. The van der Waals surface area contributed by atoms with E-state index in [9.17, 15) is 27.6 Å². The molecule has 3 aliphatic heterocycles. The zero-order valence-electron chi connectivity index (χ0n) is 25.5. The fourth-order valence-corrected chi connectivity index (χ4v) is 6.82. The molecule has 3 amide bonds. The fourth-order valence-electron chi connectivity index (χ4n) is 6.82. The predicted octanol–water partition coefficient (Wildman–Crippen LogP) is 4.24. The largest absolute Gasteiger partial charge is 0.416 e. The van der Waals surface area contributed by atoms with Crippen LogP contribution in [0.25, 0.3) is 0 Å². The SMILES string of the molecule is C=CC(=O)N1Cc2nc(CN3C[C@H]4CC(=O)N(c5cc(C(F)(F)F)cc(C)n5)[C@@H]4C(=O)N(C)c4cccc(C)c43)cn2C[C@@H]1C. The first kappa shape index (κ1) is 30.4. The Labute approximate surface area is 258 Å². The molecule has 1 aromatic carbocycles. The third kappa shape index (κ3) is 5.33. The monoisotopic (exact) mass is 621 g/mol. The third-order valence-electron chi connectivity index (χ3n) is 8.90. The van der Waals surface area contributed by atoms with Gasteiger partial charge in [-0.1, -0.05) is 18.7 Å². The van der Waals surface area contributed by atoms with Crippen LogP contribution in [0, 0.1) is 19.8 Å². The number of halogens is 3. The van der Waals surface area contributed by atoms with E-state index in [0.29, 0.717) is 25.3 Å². The number of nitrogens with zero attached hydrogens (tertiary/aromatic N) is 7. The minimum Gasteiger partial charge on any atom is -0.363 e. The quantitative estimate of drug-likeness (QED) is 0.405. The highest BCUT2D eigenvalue weighted by Crippen LogP contribution is 2.42. The summed E-state index contributed by atoms with van der Waals surface area (Å²) in [6.45, 7) is 10.5. The molecule has 236 valence electrons. The Morgan fingerprint density at radius 1 is 1.13 bits per heavy atom. The molecule has 13 heteroatoms. The zero-order valence-corrected chi connectivity index (χ0v) is 25.5. The molecule has 1 fully saturated rings. The van der Waals surface area contributed by atoms with Gasteiger partial charge < -0.3 is 19.3 Å². The number of carbonyl (C=O) groups is 3. The molecule has 3 atom stereocenters. The molecule has 0 unspecified atom stereocenters. The molecule has 2 aromatic heterocycles. The average Bonchev–Trinajstić information content (AvgIpc) is 3.52. The van der Waals surface area contributed by atoms with Crippen molar-refractivity contribution in [2.24, 2.45) is 5.92 Å². The first-order valence-corrected chi connectivity index (χ1v) is 14.7. The van der Waals surface area contributed by atoms with Crippen molar-refractivity contribution >= 4 is 34.9 Å². The Bertz CT molecular complexity index is 1720.